The van der Waals surface area contributed by atoms with Crippen LogP contribution in [0.5, 0.6) is 0 Å². The van der Waals surface area contributed by atoms with Crippen LogP contribution < -0.4 is 0 Å². The Morgan fingerprint density at radius 1 is 1.38 bits per heavy atom. The van der Waals surface area contributed by atoms with E-state index in [1.165, 1.54) is 0 Å². The fourth-order valence-electron chi connectivity index (χ4n) is 0.571. The van der Waals surface area contributed by atoms with E-state index in [1.54, 1.807) is 0 Å². The van der Waals surface area contributed by atoms with Gasteiger partial charge in [-0.1, -0.05) is 0 Å². The van der Waals surface area contributed by atoms with Gasteiger partial charge >= 0.3 is 11.9 Å². The van der Waals surface area contributed by atoms with E-state index in [2.05, 4.69) is 9.47 Å². The number of ether oxygens (including phenoxy) is 2. The zero-order valence-electron chi connectivity index (χ0n) is 6.41. The van der Waals surface area contributed by atoms with Crippen molar-refractivity contribution in [1.29, 1.82) is 0 Å². The second-order valence-electron chi connectivity index (χ2n) is 2.43. The van der Waals surface area contributed by atoms with E-state index in [0.29, 0.717) is 0 Å². The molecular weight excluding hydrogens is 184 g/mol. The number of carboxylic acid groups (broad SMARTS) is 1. The van der Waals surface area contributed by atoms with Crippen LogP contribution in [0.15, 0.2) is 0 Å². The fraction of sp³-hybridized carbons (Fsp3) is 0.667. The van der Waals surface area contributed by atoms with Crippen molar-refractivity contribution in [3.63, 3.8) is 0 Å². The number of rotatable bonds is 4. The Balaban J connectivity index is 2.39. The maximum Gasteiger partial charge on any atom is 0.340 e. The zero-order valence-corrected chi connectivity index (χ0v) is 6.41. The Kier molecular flexibility index (Phi) is 2.81. The fourth-order valence-corrected chi connectivity index (χ4v) is 0.571. The lowest BCUT2D eigenvalue weighted by atomic mass is 10.2. The van der Waals surface area contributed by atoms with Crippen LogP contribution in [0.3, 0.4) is 0 Å². The van der Waals surface area contributed by atoms with Crippen LogP contribution in [-0.4, -0.2) is 52.4 Å². The minimum absolute atomic E-state index is 0.224. The number of carboxylic acids is 1. The number of esters is 1. The first kappa shape index (κ1) is 9.90. The third-order valence-electron chi connectivity index (χ3n) is 1.34. The van der Waals surface area contributed by atoms with Crippen LogP contribution in [0.2, 0.25) is 0 Å². The van der Waals surface area contributed by atoms with E-state index >= 15 is 0 Å². The van der Waals surface area contributed by atoms with Gasteiger partial charge in [-0.05, 0) is 0 Å². The van der Waals surface area contributed by atoms with E-state index in [0.717, 1.165) is 0 Å². The number of aliphatic carboxylic acids is 1. The van der Waals surface area contributed by atoms with Crippen molar-refractivity contribution < 1.29 is 34.4 Å². The van der Waals surface area contributed by atoms with Crippen molar-refractivity contribution in [1.82, 2.24) is 0 Å². The molecule has 1 saturated heterocycles. The van der Waals surface area contributed by atoms with E-state index in [-0.39, 0.29) is 6.61 Å². The quantitative estimate of drug-likeness (QED) is 0.338. The van der Waals surface area contributed by atoms with Crippen LogP contribution in [0.4, 0.5) is 0 Å². The lowest BCUT2D eigenvalue weighted by Gasteiger charge is -2.11. The predicted octanol–water partition coefficient (Wildman–Crippen LogP) is -2.31. The summed E-state index contributed by atoms with van der Waals surface area (Å²) in [4.78, 5) is 20.9. The van der Waals surface area contributed by atoms with Crippen molar-refractivity contribution in [2.24, 2.45) is 0 Å². The Morgan fingerprint density at radius 2 is 1.92 bits per heavy atom. The normalized spacial score (nSPS) is 24.6. The van der Waals surface area contributed by atoms with E-state index in [9.17, 15) is 9.59 Å². The highest BCUT2D eigenvalue weighted by Gasteiger charge is 2.36. The van der Waals surface area contributed by atoms with E-state index < -0.39 is 30.4 Å². The number of epoxide rings is 1. The summed E-state index contributed by atoms with van der Waals surface area (Å²) >= 11 is 0. The molecule has 3 N–H and O–H groups in total. The SMILES string of the molecule is O=C(O)C(O)[C@H](O)C(=O)OC1CO1. The molecule has 1 heterocycles. The molecule has 1 fully saturated rings. The van der Waals surface area contributed by atoms with Crippen molar-refractivity contribution in [2.45, 2.75) is 18.5 Å². The van der Waals surface area contributed by atoms with Crippen LogP contribution in [0.1, 0.15) is 0 Å². The van der Waals surface area contributed by atoms with Gasteiger partial charge in [0.2, 0.25) is 6.29 Å². The lowest BCUT2D eigenvalue weighted by Crippen LogP contribution is -2.40. The van der Waals surface area contributed by atoms with Gasteiger partial charge in [-0.2, -0.15) is 0 Å². The molecule has 1 aliphatic rings. The summed E-state index contributed by atoms with van der Waals surface area (Å²) < 4.78 is 8.85. The molecule has 0 aliphatic carbocycles. The van der Waals surface area contributed by atoms with Crippen molar-refractivity contribution >= 4 is 11.9 Å². The molecule has 1 rings (SSSR count). The van der Waals surface area contributed by atoms with E-state index in [4.69, 9.17) is 15.3 Å². The molecule has 1 aliphatic heterocycles. The van der Waals surface area contributed by atoms with Gasteiger partial charge in [-0.25, -0.2) is 9.59 Å². The molecule has 0 amide bonds. The topological polar surface area (TPSA) is 117 Å². The molecule has 0 spiro atoms. The van der Waals surface area contributed by atoms with Crippen molar-refractivity contribution in [3.05, 3.63) is 0 Å². The Bertz CT molecular complexity index is 221. The minimum Gasteiger partial charge on any atom is -0.479 e. The molecule has 0 aromatic rings. The average Bonchev–Trinajstić information content (AvgIpc) is 2.85. The summed E-state index contributed by atoms with van der Waals surface area (Å²) in [5.74, 6) is -2.90. The molecule has 7 nitrogen and oxygen atoms in total. The molecule has 2 unspecified atom stereocenters. The van der Waals surface area contributed by atoms with Gasteiger partial charge in [0.25, 0.3) is 0 Å². The smallest absolute Gasteiger partial charge is 0.340 e. The molecule has 13 heavy (non-hydrogen) atoms. The van der Waals surface area contributed by atoms with Crippen LogP contribution in [-0.2, 0) is 19.1 Å². The summed E-state index contributed by atoms with van der Waals surface area (Å²) in [5, 5.41) is 25.8. The molecule has 0 saturated carbocycles. The van der Waals surface area contributed by atoms with Gasteiger partial charge in [0.1, 0.15) is 6.61 Å². The zero-order chi connectivity index (χ0) is 10.0. The monoisotopic (exact) mass is 192 g/mol. The van der Waals surface area contributed by atoms with Gasteiger partial charge < -0.3 is 24.8 Å². The molecule has 0 bridgehead atoms. The third kappa shape index (κ3) is 2.65. The van der Waals surface area contributed by atoms with Crippen LogP contribution in [0.25, 0.3) is 0 Å². The molecule has 74 valence electrons. The third-order valence-corrected chi connectivity index (χ3v) is 1.34. The maximum atomic E-state index is 10.8. The first-order valence-electron chi connectivity index (χ1n) is 3.43. The van der Waals surface area contributed by atoms with Gasteiger partial charge in [0.05, 0.1) is 0 Å². The second kappa shape index (κ2) is 3.69. The maximum absolute atomic E-state index is 10.8. The number of aliphatic hydroxyl groups is 2. The highest BCUT2D eigenvalue weighted by Crippen LogP contribution is 2.12. The second-order valence-corrected chi connectivity index (χ2v) is 2.43. The Morgan fingerprint density at radius 3 is 2.31 bits per heavy atom. The molecule has 3 atom stereocenters. The van der Waals surface area contributed by atoms with Crippen molar-refractivity contribution in [3.8, 4) is 0 Å². The highest BCUT2D eigenvalue weighted by atomic mass is 16.8. The number of aliphatic hydroxyl groups excluding tert-OH is 2. The van der Waals surface area contributed by atoms with Gasteiger partial charge in [-0.15, -0.1) is 0 Å². The standard InChI is InChI=1S/C6H8O7/c7-3(5(9)10)4(8)6(11)13-2-1-12-2/h2-4,7-8H,1H2,(H,9,10)/t2?,3?,4-/m0/s1. The first-order chi connectivity index (χ1) is 6.02. The number of hydrogen-bond donors (Lipinski definition) is 3. The Hall–Kier alpha value is -1.18. The highest BCUT2D eigenvalue weighted by molar-refractivity contribution is 5.84. The Labute approximate surface area is 72.5 Å². The first-order valence-corrected chi connectivity index (χ1v) is 3.43. The molecule has 0 radical (unpaired) electrons. The molecule has 0 aromatic heterocycles. The summed E-state index contributed by atoms with van der Waals surface area (Å²) in [6, 6.07) is 0. The summed E-state index contributed by atoms with van der Waals surface area (Å²) in [7, 11) is 0. The molecule has 7 heteroatoms. The summed E-state index contributed by atoms with van der Waals surface area (Å²) in [5.41, 5.74) is 0. The number of hydrogen-bond acceptors (Lipinski definition) is 6. The minimum atomic E-state index is -2.17. The van der Waals surface area contributed by atoms with Crippen LogP contribution in [0, 0.1) is 0 Å². The van der Waals surface area contributed by atoms with Gasteiger partial charge in [0, 0.05) is 0 Å². The van der Waals surface area contributed by atoms with Crippen LogP contribution >= 0.6 is 0 Å². The largest absolute Gasteiger partial charge is 0.479 e. The van der Waals surface area contributed by atoms with Gasteiger partial charge in [0.15, 0.2) is 12.2 Å². The summed E-state index contributed by atoms with van der Waals surface area (Å²) in [6.07, 6.45) is -4.98. The predicted molar refractivity (Wildman–Crippen MR) is 35.5 cm³/mol. The van der Waals surface area contributed by atoms with E-state index in [1.807, 2.05) is 0 Å². The average molecular weight is 192 g/mol. The van der Waals surface area contributed by atoms with Crippen molar-refractivity contribution in [2.75, 3.05) is 6.61 Å². The number of carbonyl (C=O) groups excluding carboxylic acids is 1. The number of carbonyl (C=O) groups is 2. The molecular formula is C6H8O7. The summed E-state index contributed by atoms with van der Waals surface area (Å²) in [6.45, 7) is 0.224. The molecule has 0 aromatic carbocycles. The lowest BCUT2D eigenvalue weighted by molar-refractivity contribution is -0.173. The van der Waals surface area contributed by atoms with Gasteiger partial charge in [-0.3, -0.25) is 0 Å².